The Balaban J connectivity index is 1.34. The van der Waals surface area contributed by atoms with E-state index in [9.17, 15) is 9.59 Å². The van der Waals surface area contributed by atoms with Gasteiger partial charge in [-0.3, -0.25) is 14.9 Å². The lowest BCUT2D eigenvalue weighted by Gasteiger charge is -2.36. The Bertz CT molecular complexity index is 1230. The molecule has 3 aromatic rings. The van der Waals surface area contributed by atoms with Gasteiger partial charge in [0.15, 0.2) is 10.9 Å². The maximum atomic E-state index is 12.5. The molecule has 2 N–H and O–H groups in total. The summed E-state index contributed by atoms with van der Waals surface area (Å²) in [5.74, 6) is -0.198. The molecule has 11 heteroatoms. The van der Waals surface area contributed by atoms with Crippen LogP contribution in [-0.2, 0) is 0 Å². The molecule has 0 spiro atoms. The van der Waals surface area contributed by atoms with Gasteiger partial charge in [-0.15, -0.1) is 0 Å². The van der Waals surface area contributed by atoms with E-state index in [2.05, 4.69) is 31.5 Å². The zero-order valence-electron chi connectivity index (χ0n) is 17.7. The highest BCUT2D eigenvalue weighted by molar-refractivity contribution is 9.10. The summed E-state index contributed by atoms with van der Waals surface area (Å²) in [6, 6.07) is 13.8. The minimum Gasteiger partial charge on any atom is -0.459 e. The summed E-state index contributed by atoms with van der Waals surface area (Å²) in [7, 11) is 0. The van der Waals surface area contributed by atoms with Gasteiger partial charge in [0, 0.05) is 36.3 Å². The van der Waals surface area contributed by atoms with Gasteiger partial charge in [0.1, 0.15) is 0 Å². The molecule has 7 nitrogen and oxygen atoms in total. The van der Waals surface area contributed by atoms with Crippen LogP contribution in [0.25, 0.3) is 0 Å². The van der Waals surface area contributed by atoms with E-state index in [1.165, 1.54) is 6.26 Å². The summed E-state index contributed by atoms with van der Waals surface area (Å²) in [4.78, 5) is 28.8. The number of carbonyl (C=O) groups is 2. The summed E-state index contributed by atoms with van der Waals surface area (Å²) in [5.41, 5.74) is 1.79. The standard InChI is InChI=1S/C23H19BrCl2N4O3S/c24-14-3-5-17(25)16(12-14)21(31)28-23(34)27-15-4-6-19(18(26)13-15)29-7-9-30(10-8-29)22(32)20-2-1-11-33-20/h1-6,11-13H,7-10H2,(H2,27,28,31,34). The Hall–Kier alpha value is -2.59. The molecular formula is C23H19BrCl2N4O3S. The van der Waals surface area contributed by atoms with Crippen molar-refractivity contribution in [3.8, 4) is 0 Å². The molecular weight excluding hydrogens is 563 g/mol. The molecule has 1 aromatic heterocycles. The molecule has 4 rings (SSSR count). The molecule has 1 aliphatic heterocycles. The van der Waals surface area contributed by atoms with E-state index >= 15 is 0 Å². The molecule has 1 saturated heterocycles. The molecule has 0 radical (unpaired) electrons. The maximum absolute atomic E-state index is 12.5. The van der Waals surface area contributed by atoms with E-state index in [4.69, 9.17) is 39.8 Å². The predicted molar refractivity (Wildman–Crippen MR) is 141 cm³/mol. The van der Waals surface area contributed by atoms with E-state index in [0.29, 0.717) is 53.2 Å². The fourth-order valence-corrected chi connectivity index (χ4v) is 4.63. The first-order chi connectivity index (χ1) is 16.3. The summed E-state index contributed by atoms with van der Waals surface area (Å²) >= 11 is 21.2. The Morgan fingerprint density at radius 2 is 1.76 bits per heavy atom. The number of benzene rings is 2. The summed E-state index contributed by atoms with van der Waals surface area (Å²) in [6.45, 7) is 2.40. The fourth-order valence-electron chi connectivity index (χ4n) is 3.55. The molecule has 34 heavy (non-hydrogen) atoms. The van der Waals surface area contributed by atoms with Crippen LogP contribution in [-0.4, -0.2) is 48.0 Å². The molecule has 1 fully saturated rings. The molecule has 176 valence electrons. The quantitative estimate of drug-likeness (QED) is 0.400. The molecule has 0 aliphatic carbocycles. The second-order valence-corrected chi connectivity index (χ2v) is 9.59. The third-order valence-corrected chi connectivity index (χ3v) is 6.57. The van der Waals surface area contributed by atoms with Crippen LogP contribution in [0.1, 0.15) is 20.9 Å². The number of hydrogen-bond donors (Lipinski definition) is 2. The van der Waals surface area contributed by atoms with E-state index in [1.54, 1.807) is 41.3 Å². The van der Waals surface area contributed by atoms with Gasteiger partial charge in [0.25, 0.3) is 11.8 Å². The van der Waals surface area contributed by atoms with Crippen LogP contribution in [0.2, 0.25) is 10.0 Å². The SMILES string of the molecule is O=C(NC(=S)Nc1ccc(N2CCN(C(=O)c3ccco3)CC2)c(Cl)c1)c1cc(Br)ccc1Cl. The van der Waals surface area contributed by atoms with E-state index in [-0.39, 0.29) is 11.0 Å². The number of furan rings is 1. The van der Waals surface area contributed by atoms with Crippen LogP contribution in [0.5, 0.6) is 0 Å². The Morgan fingerprint density at radius 1 is 1.00 bits per heavy atom. The van der Waals surface area contributed by atoms with Gasteiger partial charge in [-0.05, 0) is 60.7 Å². The van der Waals surface area contributed by atoms with E-state index < -0.39 is 5.91 Å². The lowest BCUT2D eigenvalue weighted by molar-refractivity contribution is 0.0714. The molecule has 2 amide bonds. The molecule has 2 heterocycles. The van der Waals surface area contributed by atoms with Crippen molar-refractivity contribution in [1.82, 2.24) is 10.2 Å². The third-order valence-electron chi connectivity index (χ3n) is 5.25. The zero-order chi connectivity index (χ0) is 24.2. The first-order valence-corrected chi connectivity index (χ1v) is 12.2. The maximum Gasteiger partial charge on any atom is 0.289 e. The number of piperazine rings is 1. The normalized spacial score (nSPS) is 13.5. The predicted octanol–water partition coefficient (Wildman–Crippen LogP) is 5.44. The van der Waals surface area contributed by atoms with Gasteiger partial charge in [-0.25, -0.2) is 0 Å². The average Bonchev–Trinajstić information content (AvgIpc) is 3.35. The molecule has 0 unspecified atom stereocenters. The van der Waals surface area contributed by atoms with Gasteiger partial charge in [0.05, 0.1) is 27.6 Å². The first-order valence-electron chi connectivity index (χ1n) is 10.3. The van der Waals surface area contributed by atoms with Crippen molar-refractivity contribution in [3.63, 3.8) is 0 Å². The first kappa shape index (κ1) is 24.5. The number of rotatable bonds is 4. The van der Waals surface area contributed by atoms with Crippen LogP contribution in [0.15, 0.2) is 63.7 Å². The Kier molecular flexibility index (Phi) is 7.77. The van der Waals surface area contributed by atoms with Crippen molar-refractivity contribution in [3.05, 3.63) is 80.6 Å². The number of anilines is 2. The van der Waals surface area contributed by atoms with Crippen molar-refractivity contribution in [1.29, 1.82) is 0 Å². The molecule has 0 bridgehead atoms. The van der Waals surface area contributed by atoms with Crippen molar-refractivity contribution < 1.29 is 14.0 Å². The minimum atomic E-state index is -0.423. The van der Waals surface area contributed by atoms with Crippen molar-refractivity contribution in [2.75, 3.05) is 36.4 Å². The molecule has 0 saturated carbocycles. The minimum absolute atomic E-state index is 0.116. The van der Waals surface area contributed by atoms with Crippen LogP contribution < -0.4 is 15.5 Å². The smallest absolute Gasteiger partial charge is 0.289 e. The van der Waals surface area contributed by atoms with E-state index in [1.807, 2.05) is 12.1 Å². The third kappa shape index (κ3) is 5.72. The summed E-state index contributed by atoms with van der Waals surface area (Å²) < 4.78 is 5.94. The van der Waals surface area contributed by atoms with Crippen LogP contribution in [0.4, 0.5) is 11.4 Å². The van der Waals surface area contributed by atoms with Crippen LogP contribution >= 0.6 is 51.3 Å². The molecule has 1 aliphatic rings. The lowest BCUT2D eigenvalue weighted by atomic mass is 10.2. The average molecular weight is 582 g/mol. The van der Waals surface area contributed by atoms with Crippen LogP contribution in [0, 0.1) is 0 Å². The zero-order valence-corrected chi connectivity index (χ0v) is 21.6. The molecule has 2 aromatic carbocycles. The largest absolute Gasteiger partial charge is 0.459 e. The van der Waals surface area contributed by atoms with Gasteiger partial charge < -0.3 is 19.5 Å². The summed E-state index contributed by atoms with van der Waals surface area (Å²) in [5, 5.41) is 6.55. The lowest BCUT2D eigenvalue weighted by Crippen LogP contribution is -2.48. The number of nitrogens with one attached hydrogen (secondary N) is 2. The Morgan fingerprint density at radius 3 is 2.44 bits per heavy atom. The number of thiocarbonyl (C=S) groups is 1. The van der Waals surface area contributed by atoms with Gasteiger partial charge in [-0.1, -0.05) is 39.1 Å². The monoisotopic (exact) mass is 580 g/mol. The number of halogens is 3. The summed E-state index contributed by atoms with van der Waals surface area (Å²) in [6.07, 6.45) is 1.49. The second kappa shape index (κ2) is 10.8. The second-order valence-electron chi connectivity index (χ2n) is 7.46. The van der Waals surface area contributed by atoms with Crippen molar-refractivity contribution in [2.24, 2.45) is 0 Å². The van der Waals surface area contributed by atoms with Crippen LogP contribution in [0.3, 0.4) is 0 Å². The van der Waals surface area contributed by atoms with Crippen molar-refractivity contribution >= 4 is 79.7 Å². The van der Waals surface area contributed by atoms with Gasteiger partial charge >= 0.3 is 0 Å². The highest BCUT2D eigenvalue weighted by atomic mass is 79.9. The fraction of sp³-hybridized carbons (Fsp3) is 0.174. The number of carbonyl (C=O) groups excluding carboxylic acids is 2. The van der Waals surface area contributed by atoms with Crippen molar-refractivity contribution in [2.45, 2.75) is 0 Å². The topological polar surface area (TPSA) is 77.8 Å². The highest BCUT2D eigenvalue weighted by Crippen LogP contribution is 2.30. The Labute approximate surface area is 220 Å². The van der Waals surface area contributed by atoms with Gasteiger partial charge in [0.2, 0.25) is 0 Å². The number of nitrogens with zero attached hydrogens (tertiary/aromatic N) is 2. The van der Waals surface area contributed by atoms with Gasteiger partial charge in [-0.2, -0.15) is 0 Å². The number of amides is 2. The number of hydrogen-bond acceptors (Lipinski definition) is 5. The highest BCUT2D eigenvalue weighted by Gasteiger charge is 2.24. The van der Waals surface area contributed by atoms with E-state index in [0.717, 1.165) is 10.2 Å². The molecule has 0 atom stereocenters.